The lowest BCUT2D eigenvalue weighted by molar-refractivity contribution is -0.137. The van der Waals surface area contributed by atoms with Crippen LogP contribution in [0.1, 0.15) is 11.1 Å². The molecule has 37 heavy (non-hydrogen) atoms. The van der Waals surface area contributed by atoms with Gasteiger partial charge in [0.25, 0.3) is 5.56 Å². The zero-order valence-corrected chi connectivity index (χ0v) is 20.2. The molecule has 4 rings (SSSR count). The summed E-state index contributed by atoms with van der Waals surface area (Å²) >= 11 is 6.57. The highest BCUT2D eigenvalue weighted by Gasteiger charge is 2.37. The summed E-state index contributed by atoms with van der Waals surface area (Å²) < 4.78 is 71.5. The number of fused-ring (bicyclic) bond motifs is 1. The third kappa shape index (κ3) is 5.71. The molecule has 0 aliphatic carbocycles. The van der Waals surface area contributed by atoms with Crippen molar-refractivity contribution in [1.29, 1.82) is 0 Å². The third-order valence-electron chi connectivity index (χ3n) is 5.57. The molecule has 2 heterocycles. The van der Waals surface area contributed by atoms with Gasteiger partial charge >= 0.3 is 11.9 Å². The lowest BCUT2D eigenvalue weighted by atomic mass is 9.96. The van der Waals surface area contributed by atoms with Crippen LogP contribution in [0.15, 0.2) is 57.2 Å². The van der Waals surface area contributed by atoms with Crippen LogP contribution in [0.4, 0.5) is 22.0 Å². The van der Waals surface area contributed by atoms with Crippen molar-refractivity contribution in [1.82, 2.24) is 15.0 Å². The number of rotatable bonds is 7. The Hall–Kier alpha value is -3.22. The zero-order chi connectivity index (χ0) is 26.9. The van der Waals surface area contributed by atoms with Crippen molar-refractivity contribution < 1.29 is 27.1 Å². The second-order valence-corrected chi connectivity index (χ2v) is 9.56. The Morgan fingerprint density at radius 1 is 1.05 bits per heavy atom. The molecule has 2 aromatic carbocycles. The minimum absolute atomic E-state index is 0.0214. The Morgan fingerprint density at radius 3 is 2.41 bits per heavy atom. The van der Waals surface area contributed by atoms with E-state index < -0.39 is 62.1 Å². The first-order chi connectivity index (χ1) is 17.5. The van der Waals surface area contributed by atoms with Crippen LogP contribution in [0.5, 0.6) is 0 Å². The molecule has 0 amide bonds. The first kappa shape index (κ1) is 26.8. The maximum Gasteiger partial charge on any atom is 0.417 e. The summed E-state index contributed by atoms with van der Waals surface area (Å²) in [6.45, 7) is -0.338. The van der Waals surface area contributed by atoms with Crippen molar-refractivity contribution in [3.05, 3.63) is 91.3 Å². The molecule has 1 atom stereocenters. The zero-order valence-electron chi connectivity index (χ0n) is 18.6. The summed E-state index contributed by atoms with van der Waals surface area (Å²) in [6, 6.07) is 5.01. The Morgan fingerprint density at radius 2 is 1.76 bits per heavy atom. The second-order valence-electron chi connectivity index (χ2n) is 8.12. The molecule has 6 nitrogen and oxygen atoms in total. The molecule has 0 bridgehead atoms. The molecular weight excluding hydrogens is 541 g/mol. The molecule has 0 unspecified atom stereocenters. The fourth-order valence-electron chi connectivity index (χ4n) is 3.86. The molecule has 4 aromatic rings. The highest BCUT2D eigenvalue weighted by atomic mass is 35.5. The molecule has 0 saturated carbocycles. The number of hydrogen-bond donors (Lipinski definition) is 3. The van der Waals surface area contributed by atoms with Gasteiger partial charge in [0.05, 0.1) is 21.5 Å². The molecule has 13 heteroatoms. The van der Waals surface area contributed by atoms with Crippen molar-refractivity contribution in [3.63, 3.8) is 0 Å². The van der Waals surface area contributed by atoms with Crippen molar-refractivity contribution >= 4 is 34.3 Å². The van der Waals surface area contributed by atoms with Crippen molar-refractivity contribution in [2.24, 2.45) is 5.92 Å². The summed E-state index contributed by atoms with van der Waals surface area (Å²) in [5, 5.41) is 8.80. The van der Waals surface area contributed by atoms with Gasteiger partial charge in [0.15, 0.2) is 0 Å². The van der Waals surface area contributed by atoms with E-state index >= 15 is 0 Å². The highest BCUT2D eigenvalue weighted by Crippen LogP contribution is 2.46. The average molecular weight is 558 g/mol. The van der Waals surface area contributed by atoms with E-state index in [9.17, 15) is 36.6 Å². The molecule has 0 aliphatic heterocycles. The van der Waals surface area contributed by atoms with Crippen molar-refractivity contribution in [2.75, 3.05) is 12.4 Å². The van der Waals surface area contributed by atoms with Gasteiger partial charge in [-0.25, -0.2) is 13.6 Å². The smallest absolute Gasteiger partial charge is 0.396 e. The molecule has 0 saturated heterocycles. The van der Waals surface area contributed by atoms with Gasteiger partial charge < -0.3 is 10.1 Å². The van der Waals surface area contributed by atoms with E-state index in [-0.39, 0.29) is 22.8 Å². The van der Waals surface area contributed by atoms with Gasteiger partial charge in [-0.05, 0) is 42.2 Å². The monoisotopic (exact) mass is 557 g/mol. The first-order valence-corrected chi connectivity index (χ1v) is 12.0. The van der Waals surface area contributed by atoms with Crippen molar-refractivity contribution in [2.45, 2.75) is 17.5 Å². The maximum absolute atomic E-state index is 14.9. The Labute approximate surface area is 214 Å². The van der Waals surface area contributed by atoms with E-state index in [0.717, 1.165) is 23.4 Å². The van der Waals surface area contributed by atoms with E-state index in [0.29, 0.717) is 18.6 Å². The van der Waals surface area contributed by atoms with Crippen LogP contribution in [0.25, 0.3) is 22.0 Å². The predicted octanol–water partition coefficient (Wildman–Crippen LogP) is 5.17. The summed E-state index contributed by atoms with van der Waals surface area (Å²) in [6.07, 6.45) is -1.63. The van der Waals surface area contributed by atoms with Gasteiger partial charge in [-0.15, -0.1) is 11.8 Å². The minimum atomic E-state index is -5.07. The summed E-state index contributed by atoms with van der Waals surface area (Å²) in [5.74, 6) is -2.95. The van der Waals surface area contributed by atoms with Crippen LogP contribution >= 0.6 is 23.4 Å². The van der Waals surface area contributed by atoms with Crippen LogP contribution in [0.3, 0.4) is 0 Å². The number of aromatic nitrogens is 3. The molecule has 2 aromatic heterocycles. The van der Waals surface area contributed by atoms with E-state index in [1.165, 1.54) is 0 Å². The van der Waals surface area contributed by atoms with Crippen LogP contribution in [0.2, 0.25) is 5.02 Å². The fraction of sp³-hybridized carbons (Fsp3) is 0.208. The van der Waals surface area contributed by atoms with Gasteiger partial charge in [0, 0.05) is 46.8 Å². The first-order valence-electron chi connectivity index (χ1n) is 10.7. The molecule has 3 N–H and O–H groups in total. The number of nitrogens with zero attached hydrogens (tertiary/aromatic N) is 1. The molecule has 0 fully saturated rings. The number of halogens is 6. The molecule has 0 aliphatic rings. The number of aliphatic hydroxyl groups excluding tert-OH is 1. The summed E-state index contributed by atoms with van der Waals surface area (Å²) in [5.41, 5.74) is -4.28. The number of hydrogen-bond acceptors (Lipinski definition) is 5. The number of nitrogens with one attached hydrogen (secondary N) is 2. The number of H-pyrrole nitrogens is 2. The second kappa shape index (κ2) is 10.6. The Balaban J connectivity index is 1.97. The average Bonchev–Trinajstić information content (AvgIpc) is 2.83. The quantitative estimate of drug-likeness (QED) is 0.165. The number of alkyl halides is 3. The Kier molecular flexibility index (Phi) is 7.72. The summed E-state index contributed by atoms with van der Waals surface area (Å²) in [4.78, 5) is 32.3. The predicted molar refractivity (Wildman–Crippen MR) is 130 cm³/mol. The normalized spacial score (nSPS) is 12.7. The van der Waals surface area contributed by atoms with Crippen LogP contribution < -0.4 is 11.2 Å². The van der Waals surface area contributed by atoms with Crippen LogP contribution in [-0.2, 0) is 12.6 Å². The number of benzene rings is 2. The number of pyridine rings is 1. The van der Waals surface area contributed by atoms with Gasteiger partial charge in [0.2, 0.25) is 0 Å². The van der Waals surface area contributed by atoms with Gasteiger partial charge in [-0.3, -0.25) is 14.8 Å². The number of aromatic amines is 2. The van der Waals surface area contributed by atoms with Crippen molar-refractivity contribution in [3.8, 4) is 11.1 Å². The highest BCUT2D eigenvalue weighted by molar-refractivity contribution is 7.99. The standard InChI is InChI=1S/C24H17ClF5N3O3S/c25-16-7-13(17(26)8-18(16)27)19-15(24(28,29)30)6-14-20(32-23(36)33-22(14)35)21(19)37-10-12(9-34)5-11-1-3-31-4-2-11/h1-4,6-8,12,34H,5,9-10H2,(H2,32,33,35,36)/t12-/m0/s1. The fourth-order valence-corrected chi connectivity index (χ4v) is 5.31. The van der Waals surface area contributed by atoms with E-state index in [1.54, 1.807) is 24.5 Å². The topological polar surface area (TPSA) is 98.8 Å². The lowest BCUT2D eigenvalue weighted by Crippen LogP contribution is -2.23. The van der Waals surface area contributed by atoms with Crippen LogP contribution in [0, 0.1) is 17.6 Å². The molecule has 0 spiro atoms. The lowest BCUT2D eigenvalue weighted by Gasteiger charge is -2.21. The van der Waals surface area contributed by atoms with E-state index in [1.807, 2.05) is 4.98 Å². The molecule has 0 radical (unpaired) electrons. The Bertz CT molecular complexity index is 1570. The van der Waals surface area contributed by atoms with Gasteiger partial charge in [-0.1, -0.05) is 11.6 Å². The SMILES string of the molecule is O=c1[nH]c(=O)c2cc(C(F)(F)F)c(-c3cc(Cl)c(F)cc3F)c(SC[C@H](CO)Cc3ccncc3)c2[nH]1. The van der Waals surface area contributed by atoms with Crippen LogP contribution in [-0.4, -0.2) is 32.4 Å². The molecule has 194 valence electrons. The maximum atomic E-state index is 14.9. The largest absolute Gasteiger partial charge is 0.417 e. The van der Waals surface area contributed by atoms with Gasteiger partial charge in [0.1, 0.15) is 11.6 Å². The third-order valence-corrected chi connectivity index (χ3v) is 7.20. The van der Waals surface area contributed by atoms with E-state index in [4.69, 9.17) is 11.6 Å². The number of thioether (sulfide) groups is 1. The van der Waals surface area contributed by atoms with E-state index in [2.05, 4.69) is 9.97 Å². The number of aliphatic hydroxyl groups is 1. The molecular formula is C24H17ClF5N3O3S. The summed E-state index contributed by atoms with van der Waals surface area (Å²) in [7, 11) is 0. The van der Waals surface area contributed by atoms with Gasteiger partial charge in [-0.2, -0.15) is 13.2 Å². The minimum Gasteiger partial charge on any atom is -0.396 e.